The van der Waals surface area contributed by atoms with Gasteiger partial charge in [0, 0.05) is 32.3 Å². The van der Waals surface area contributed by atoms with Gasteiger partial charge in [0.25, 0.3) is 0 Å². The molecule has 0 bridgehead atoms. The van der Waals surface area contributed by atoms with Crippen molar-refractivity contribution in [2.24, 2.45) is 0 Å². The molecule has 0 radical (unpaired) electrons. The number of benzene rings is 1. The van der Waals surface area contributed by atoms with Gasteiger partial charge in [0.1, 0.15) is 0 Å². The number of nitrogens with one attached hydrogen (secondary N) is 1. The topological polar surface area (TPSA) is 58.6 Å². The Bertz CT molecular complexity index is 557. The van der Waals surface area contributed by atoms with E-state index >= 15 is 0 Å². The van der Waals surface area contributed by atoms with E-state index in [4.69, 9.17) is 4.74 Å². The Morgan fingerprint density at radius 2 is 1.95 bits per heavy atom. The molecule has 2 unspecified atom stereocenters. The second kappa shape index (κ2) is 6.87. The van der Waals surface area contributed by atoms with Crippen LogP contribution in [-0.2, 0) is 21.2 Å². The smallest absolute Gasteiger partial charge is 0.243 e. The molecule has 0 spiro atoms. The highest BCUT2D eigenvalue weighted by Gasteiger charge is 2.34. The molecule has 21 heavy (non-hydrogen) atoms. The quantitative estimate of drug-likeness (QED) is 0.889. The first-order valence-corrected chi connectivity index (χ1v) is 8.74. The van der Waals surface area contributed by atoms with Crippen LogP contribution in [0.2, 0.25) is 0 Å². The molecule has 0 aliphatic carbocycles. The molecule has 2 atom stereocenters. The third-order valence-corrected chi connectivity index (χ3v) is 6.10. The first-order chi connectivity index (χ1) is 9.96. The Labute approximate surface area is 127 Å². The highest BCUT2D eigenvalue weighted by Crippen LogP contribution is 2.21. The summed E-state index contributed by atoms with van der Waals surface area (Å²) in [5.41, 5.74) is 1.08. The van der Waals surface area contributed by atoms with Gasteiger partial charge in [-0.05, 0) is 38.0 Å². The molecule has 2 rings (SSSR count). The van der Waals surface area contributed by atoms with Gasteiger partial charge >= 0.3 is 0 Å². The van der Waals surface area contributed by atoms with Crippen molar-refractivity contribution in [3.05, 3.63) is 29.8 Å². The summed E-state index contributed by atoms with van der Waals surface area (Å²) in [6.07, 6.45) is 0.790. The van der Waals surface area contributed by atoms with Crippen molar-refractivity contribution >= 4 is 10.0 Å². The maximum absolute atomic E-state index is 12.7. The van der Waals surface area contributed by atoms with E-state index in [0.29, 0.717) is 24.6 Å². The van der Waals surface area contributed by atoms with Crippen molar-refractivity contribution in [3.63, 3.8) is 0 Å². The Kier molecular flexibility index (Phi) is 5.37. The second-order valence-corrected chi connectivity index (χ2v) is 7.38. The van der Waals surface area contributed by atoms with Crippen LogP contribution in [0.4, 0.5) is 0 Å². The lowest BCUT2D eigenvalue weighted by Crippen LogP contribution is -2.57. The Morgan fingerprint density at radius 1 is 1.29 bits per heavy atom. The summed E-state index contributed by atoms with van der Waals surface area (Å²) < 4.78 is 32.1. The Hall–Kier alpha value is -0.950. The van der Waals surface area contributed by atoms with Crippen LogP contribution in [0.1, 0.15) is 19.4 Å². The van der Waals surface area contributed by atoms with Gasteiger partial charge in [-0.15, -0.1) is 0 Å². The van der Waals surface area contributed by atoms with Crippen molar-refractivity contribution in [1.82, 2.24) is 9.62 Å². The number of rotatable bonds is 5. The van der Waals surface area contributed by atoms with Crippen molar-refractivity contribution in [2.45, 2.75) is 37.2 Å². The molecular weight excluding hydrogens is 288 g/mol. The largest absolute Gasteiger partial charge is 0.384 e. The van der Waals surface area contributed by atoms with Crippen molar-refractivity contribution in [2.75, 3.05) is 26.8 Å². The fraction of sp³-hybridized carbons (Fsp3) is 0.600. The average molecular weight is 312 g/mol. The molecule has 1 saturated heterocycles. The van der Waals surface area contributed by atoms with Crippen molar-refractivity contribution in [3.8, 4) is 0 Å². The van der Waals surface area contributed by atoms with Gasteiger partial charge in [0.15, 0.2) is 0 Å². The molecule has 1 aliphatic rings. The van der Waals surface area contributed by atoms with Crippen LogP contribution in [0.5, 0.6) is 0 Å². The van der Waals surface area contributed by atoms with Crippen LogP contribution >= 0.6 is 0 Å². The predicted molar refractivity (Wildman–Crippen MR) is 82.8 cm³/mol. The molecule has 1 N–H and O–H groups in total. The second-order valence-electron chi connectivity index (χ2n) is 5.49. The van der Waals surface area contributed by atoms with Gasteiger partial charge < -0.3 is 10.1 Å². The zero-order valence-corrected chi connectivity index (χ0v) is 13.7. The highest BCUT2D eigenvalue weighted by molar-refractivity contribution is 7.89. The van der Waals surface area contributed by atoms with Crippen LogP contribution in [-0.4, -0.2) is 51.6 Å². The third kappa shape index (κ3) is 3.63. The molecule has 1 heterocycles. The molecule has 0 saturated carbocycles. The normalized spacial score (nSPS) is 24.1. The number of hydrogen-bond acceptors (Lipinski definition) is 4. The van der Waals surface area contributed by atoms with Gasteiger partial charge in [-0.3, -0.25) is 0 Å². The molecule has 1 aromatic carbocycles. The number of hydrogen-bond donors (Lipinski definition) is 1. The zero-order chi connectivity index (χ0) is 15.5. The number of methoxy groups -OCH3 is 1. The van der Waals surface area contributed by atoms with Gasteiger partial charge in [-0.1, -0.05) is 12.1 Å². The van der Waals surface area contributed by atoms with Gasteiger partial charge in [-0.25, -0.2) is 8.42 Å². The van der Waals surface area contributed by atoms with Crippen LogP contribution in [0.3, 0.4) is 0 Å². The summed E-state index contributed by atoms with van der Waals surface area (Å²) in [5, 5.41) is 3.30. The fourth-order valence-electron chi connectivity index (χ4n) is 2.55. The molecule has 0 aromatic heterocycles. The molecule has 6 heteroatoms. The highest BCUT2D eigenvalue weighted by atomic mass is 32.2. The molecule has 0 amide bonds. The van der Waals surface area contributed by atoms with Gasteiger partial charge in [0.05, 0.1) is 11.5 Å². The van der Waals surface area contributed by atoms with Crippen LogP contribution in [0, 0.1) is 0 Å². The number of sulfonamides is 1. The van der Waals surface area contributed by atoms with E-state index in [1.165, 1.54) is 0 Å². The average Bonchev–Trinajstić information content (AvgIpc) is 2.48. The summed E-state index contributed by atoms with van der Waals surface area (Å²) in [7, 11) is -1.76. The molecule has 1 fully saturated rings. The monoisotopic (exact) mass is 312 g/mol. The van der Waals surface area contributed by atoms with Crippen molar-refractivity contribution in [1.29, 1.82) is 0 Å². The minimum Gasteiger partial charge on any atom is -0.384 e. The maximum Gasteiger partial charge on any atom is 0.243 e. The minimum atomic E-state index is -3.42. The lowest BCUT2D eigenvalue weighted by Gasteiger charge is -2.37. The number of ether oxygens (including phenoxy) is 1. The lowest BCUT2D eigenvalue weighted by atomic mass is 10.1. The molecule has 1 aliphatic heterocycles. The van der Waals surface area contributed by atoms with E-state index in [0.717, 1.165) is 12.0 Å². The van der Waals surface area contributed by atoms with E-state index in [1.807, 2.05) is 26.0 Å². The first-order valence-electron chi connectivity index (χ1n) is 7.30. The summed E-state index contributed by atoms with van der Waals surface area (Å²) in [4.78, 5) is 0.365. The number of nitrogens with zero attached hydrogens (tertiary/aromatic N) is 1. The SMILES string of the molecule is COCCc1ccc(S(=O)(=O)N2CCNC(C)C2C)cc1. The summed E-state index contributed by atoms with van der Waals surface area (Å²) in [5.74, 6) is 0. The third-order valence-electron chi connectivity index (χ3n) is 4.10. The number of piperazine rings is 1. The first kappa shape index (κ1) is 16.4. The summed E-state index contributed by atoms with van der Waals surface area (Å²) >= 11 is 0. The summed E-state index contributed by atoms with van der Waals surface area (Å²) in [6.45, 7) is 5.80. The Morgan fingerprint density at radius 3 is 2.57 bits per heavy atom. The van der Waals surface area contributed by atoms with E-state index in [1.54, 1.807) is 23.5 Å². The maximum atomic E-state index is 12.7. The van der Waals surface area contributed by atoms with E-state index in [2.05, 4.69) is 5.32 Å². The van der Waals surface area contributed by atoms with E-state index in [-0.39, 0.29) is 12.1 Å². The molecule has 5 nitrogen and oxygen atoms in total. The van der Waals surface area contributed by atoms with Crippen molar-refractivity contribution < 1.29 is 13.2 Å². The lowest BCUT2D eigenvalue weighted by molar-refractivity contribution is 0.202. The molecular formula is C15H24N2O3S. The molecule has 118 valence electrons. The fourth-order valence-corrected chi connectivity index (χ4v) is 4.25. The standard InChI is InChI=1S/C15H24N2O3S/c1-12-13(2)17(10-9-16-12)21(18,19)15-6-4-14(5-7-15)8-11-20-3/h4-7,12-13,16H,8-11H2,1-3H3. The zero-order valence-electron chi connectivity index (χ0n) is 12.9. The Balaban J connectivity index is 2.19. The van der Waals surface area contributed by atoms with Gasteiger partial charge in [-0.2, -0.15) is 4.31 Å². The van der Waals surface area contributed by atoms with E-state index < -0.39 is 10.0 Å². The van der Waals surface area contributed by atoms with Crippen LogP contribution in [0.25, 0.3) is 0 Å². The van der Waals surface area contributed by atoms with Gasteiger partial charge in [0.2, 0.25) is 10.0 Å². The minimum absolute atomic E-state index is 0.0445. The summed E-state index contributed by atoms with van der Waals surface area (Å²) in [6, 6.07) is 7.23. The van der Waals surface area contributed by atoms with Crippen LogP contribution < -0.4 is 5.32 Å². The van der Waals surface area contributed by atoms with Crippen LogP contribution in [0.15, 0.2) is 29.2 Å². The van der Waals surface area contributed by atoms with E-state index in [9.17, 15) is 8.42 Å². The molecule has 1 aromatic rings. The predicted octanol–water partition coefficient (Wildman–Crippen LogP) is 1.25.